The van der Waals surface area contributed by atoms with Crippen molar-refractivity contribution < 1.29 is 8.91 Å². The minimum Gasteiger partial charge on any atom is -0.357 e. The van der Waals surface area contributed by atoms with E-state index in [9.17, 15) is 4.39 Å². The normalized spacial score (nSPS) is 11.8. The van der Waals surface area contributed by atoms with Crippen molar-refractivity contribution in [3.05, 3.63) is 47.4 Å². The van der Waals surface area contributed by atoms with Gasteiger partial charge in [0.05, 0.1) is 0 Å². The van der Waals surface area contributed by atoms with Crippen LogP contribution in [-0.2, 0) is 12.8 Å². The molecule has 0 aliphatic rings. The van der Waals surface area contributed by atoms with Crippen molar-refractivity contribution in [2.75, 3.05) is 19.6 Å². The Kier molecular flexibility index (Phi) is 8.05. The van der Waals surface area contributed by atoms with Crippen LogP contribution in [0.15, 0.2) is 33.8 Å². The number of hydrogen-bond acceptors (Lipinski definition) is 4. The van der Waals surface area contributed by atoms with Crippen LogP contribution in [0.5, 0.6) is 0 Å². The van der Waals surface area contributed by atoms with Crippen LogP contribution in [0.1, 0.15) is 50.4 Å². The Labute approximate surface area is 154 Å². The molecule has 0 bridgehead atoms. The Balaban J connectivity index is 1.74. The molecule has 1 aromatic carbocycles. The van der Waals surface area contributed by atoms with Gasteiger partial charge in [0.2, 0.25) is 5.89 Å². The van der Waals surface area contributed by atoms with Gasteiger partial charge in [-0.05, 0) is 37.5 Å². The average molecular weight is 361 g/mol. The summed E-state index contributed by atoms with van der Waals surface area (Å²) in [6.45, 7) is 8.24. The van der Waals surface area contributed by atoms with Crippen molar-refractivity contribution in [3.63, 3.8) is 0 Å². The summed E-state index contributed by atoms with van der Waals surface area (Å²) in [6.07, 6.45) is 2.29. The fraction of sp³-hybridized carbons (Fsp3) is 0.526. The van der Waals surface area contributed by atoms with Gasteiger partial charge in [-0.1, -0.05) is 31.1 Å². The lowest BCUT2D eigenvalue weighted by atomic mass is 10.1. The topological polar surface area (TPSA) is 75.3 Å². The van der Waals surface area contributed by atoms with Gasteiger partial charge in [0.25, 0.3) is 0 Å². The first-order valence-electron chi connectivity index (χ1n) is 9.17. The molecule has 2 N–H and O–H groups in total. The van der Waals surface area contributed by atoms with Crippen molar-refractivity contribution in [1.29, 1.82) is 0 Å². The molecule has 1 heterocycles. The molecular formula is C19H28FN5O. The van der Waals surface area contributed by atoms with E-state index in [0.717, 1.165) is 36.7 Å². The molecule has 2 rings (SSSR count). The van der Waals surface area contributed by atoms with Gasteiger partial charge >= 0.3 is 0 Å². The maximum absolute atomic E-state index is 13.2. The third-order valence-electron chi connectivity index (χ3n) is 3.76. The number of aryl methyl sites for hydroxylation is 1. The smallest absolute Gasteiger partial charge is 0.226 e. The van der Waals surface area contributed by atoms with Gasteiger partial charge in [0, 0.05) is 32.0 Å². The number of aromatic nitrogens is 2. The SMILES string of the molecule is CCNC(=NCCCc1nc(C(C)C)no1)NCCc1cccc(F)c1. The molecule has 0 aliphatic carbocycles. The molecule has 0 spiro atoms. The third kappa shape index (κ3) is 6.82. The molecule has 26 heavy (non-hydrogen) atoms. The van der Waals surface area contributed by atoms with Crippen molar-refractivity contribution >= 4 is 5.96 Å². The zero-order valence-corrected chi connectivity index (χ0v) is 15.8. The number of halogens is 1. The lowest BCUT2D eigenvalue weighted by molar-refractivity contribution is 0.369. The average Bonchev–Trinajstić information content (AvgIpc) is 3.08. The fourth-order valence-corrected chi connectivity index (χ4v) is 2.38. The minimum absolute atomic E-state index is 0.204. The predicted octanol–water partition coefficient (Wildman–Crippen LogP) is 3.06. The monoisotopic (exact) mass is 361 g/mol. The van der Waals surface area contributed by atoms with E-state index in [1.807, 2.05) is 26.8 Å². The molecular weight excluding hydrogens is 333 g/mol. The number of benzene rings is 1. The van der Waals surface area contributed by atoms with E-state index in [-0.39, 0.29) is 11.7 Å². The summed E-state index contributed by atoms with van der Waals surface area (Å²) in [4.78, 5) is 8.91. The zero-order valence-electron chi connectivity index (χ0n) is 15.8. The summed E-state index contributed by atoms with van der Waals surface area (Å²) < 4.78 is 18.4. The third-order valence-corrected chi connectivity index (χ3v) is 3.76. The van der Waals surface area contributed by atoms with Gasteiger partial charge in [-0.3, -0.25) is 4.99 Å². The maximum atomic E-state index is 13.2. The lowest BCUT2D eigenvalue weighted by Crippen LogP contribution is -2.38. The Morgan fingerprint density at radius 1 is 1.27 bits per heavy atom. The van der Waals surface area contributed by atoms with Crippen LogP contribution in [-0.4, -0.2) is 35.7 Å². The molecule has 0 radical (unpaired) electrons. The second-order valence-corrected chi connectivity index (χ2v) is 6.37. The Morgan fingerprint density at radius 2 is 2.12 bits per heavy atom. The van der Waals surface area contributed by atoms with Crippen molar-refractivity contribution in [2.45, 2.75) is 46.0 Å². The van der Waals surface area contributed by atoms with Gasteiger partial charge in [0.15, 0.2) is 11.8 Å². The summed E-state index contributed by atoms with van der Waals surface area (Å²) in [7, 11) is 0. The molecule has 0 saturated heterocycles. The fourth-order valence-electron chi connectivity index (χ4n) is 2.38. The summed E-state index contributed by atoms with van der Waals surface area (Å²) in [5, 5.41) is 10.4. The Bertz CT molecular complexity index is 699. The van der Waals surface area contributed by atoms with Crippen molar-refractivity contribution in [3.8, 4) is 0 Å². The van der Waals surface area contributed by atoms with E-state index < -0.39 is 0 Å². The van der Waals surface area contributed by atoms with Gasteiger partial charge in [-0.25, -0.2) is 4.39 Å². The summed E-state index contributed by atoms with van der Waals surface area (Å²) in [5.74, 6) is 2.24. The molecule has 6 nitrogen and oxygen atoms in total. The van der Waals surface area contributed by atoms with Gasteiger partial charge in [-0.2, -0.15) is 4.98 Å². The maximum Gasteiger partial charge on any atom is 0.226 e. The molecule has 0 atom stereocenters. The van der Waals surface area contributed by atoms with E-state index in [1.165, 1.54) is 6.07 Å². The molecule has 0 unspecified atom stereocenters. The number of hydrogen-bond donors (Lipinski definition) is 2. The highest BCUT2D eigenvalue weighted by Gasteiger charge is 2.09. The number of nitrogens with one attached hydrogen (secondary N) is 2. The number of rotatable bonds is 9. The van der Waals surface area contributed by atoms with Crippen LogP contribution in [0.25, 0.3) is 0 Å². The Morgan fingerprint density at radius 3 is 2.81 bits per heavy atom. The number of guanidine groups is 1. The second kappa shape index (κ2) is 10.5. The van der Waals surface area contributed by atoms with Crippen LogP contribution in [0.4, 0.5) is 4.39 Å². The lowest BCUT2D eigenvalue weighted by Gasteiger charge is -2.11. The summed E-state index contributed by atoms with van der Waals surface area (Å²) in [6, 6.07) is 6.66. The largest absolute Gasteiger partial charge is 0.357 e. The molecule has 1 aromatic heterocycles. The van der Waals surface area contributed by atoms with E-state index in [4.69, 9.17) is 4.52 Å². The van der Waals surface area contributed by atoms with E-state index >= 15 is 0 Å². The highest BCUT2D eigenvalue weighted by molar-refractivity contribution is 5.79. The summed E-state index contributed by atoms with van der Waals surface area (Å²) >= 11 is 0. The van der Waals surface area contributed by atoms with E-state index in [0.29, 0.717) is 25.4 Å². The molecule has 0 fully saturated rings. The van der Waals surface area contributed by atoms with Crippen LogP contribution in [0.2, 0.25) is 0 Å². The molecule has 7 heteroatoms. The standard InChI is InChI=1S/C19H28FN5O/c1-4-21-19(23-12-10-15-7-5-8-16(20)13-15)22-11-6-9-17-24-18(14(2)3)25-26-17/h5,7-8,13-14H,4,6,9-12H2,1-3H3,(H2,21,22,23). The Hall–Kier alpha value is -2.44. The zero-order chi connectivity index (χ0) is 18.8. The molecule has 0 amide bonds. The van der Waals surface area contributed by atoms with Crippen LogP contribution in [0.3, 0.4) is 0 Å². The first-order valence-corrected chi connectivity index (χ1v) is 9.17. The van der Waals surface area contributed by atoms with Crippen LogP contribution >= 0.6 is 0 Å². The van der Waals surface area contributed by atoms with Crippen LogP contribution in [0, 0.1) is 5.82 Å². The summed E-state index contributed by atoms with van der Waals surface area (Å²) in [5.41, 5.74) is 0.964. The first kappa shape index (κ1) is 19.9. The second-order valence-electron chi connectivity index (χ2n) is 6.37. The quantitative estimate of drug-likeness (QED) is 0.408. The minimum atomic E-state index is -0.204. The number of aliphatic imine (C=N–C) groups is 1. The van der Waals surface area contributed by atoms with Gasteiger partial charge in [-0.15, -0.1) is 0 Å². The molecule has 0 saturated carbocycles. The van der Waals surface area contributed by atoms with E-state index in [1.54, 1.807) is 12.1 Å². The highest BCUT2D eigenvalue weighted by atomic mass is 19.1. The predicted molar refractivity (Wildman–Crippen MR) is 101 cm³/mol. The van der Waals surface area contributed by atoms with Crippen molar-refractivity contribution in [2.24, 2.45) is 4.99 Å². The van der Waals surface area contributed by atoms with E-state index in [2.05, 4.69) is 25.8 Å². The molecule has 0 aliphatic heterocycles. The molecule has 2 aromatic rings. The van der Waals surface area contributed by atoms with Crippen molar-refractivity contribution in [1.82, 2.24) is 20.8 Å². The van der Waals surface area contributed by atoms with Gasteiger partial charge in [0.1, 0.15) is 5.82 Å². The highest BCUT2D eigenvalue weighted by Crippen LogP contribution is 2.10. The van der Waals surface area contributed by atoms with Crippen LogP contribution < -0.4 is 10.6 Å². The first-order chi connectivity index (χ1) is 12.6. The number of nitrogens with zero attached hydrogens (tertiary/aromatic N) is 3. The van der Waals surface area contributed by atoms with Gasteiger partial charge < -0.3 is 15.2 Å². The molecule has 142 valence electrons.